The molecule has 1 aromatic carbocycles. The normalized spacial score (nSPS) is 16.3. The molecule has 0 aromatic heterocycles. The Morgan fingerprint density at radius 1 is 1.17 bits per heavy atom. The van der Waals surface area contributed by atoms with Gasteiger partial charge in [-0.2, -0.15) is 0 Å². The Kier molecular flexibility index (Phi) is 5.61. The molecule has 0 N–H and O–H groups in total. The number of hydrogen-bond acceptors (Lipinski definition) is 2. The number of amides is 1. The maximum absolute atomic E-state index is 12.6. The lowest BCUT2D eigenvalue weighted by Crippen LogP contribution is -2.42. The molecule has 0 saturated carbocycles. The fraction of sp³-hybridized carbons (Fsp3) is 0.600. The lowest BCUT2D eigenvalue weighted by Gasteiger charge is -2.39. The Bertz CT molecular complexity index is 589. The molecule has 0 atom stereocenters. The number of fused-ring (bicyclic) bond motifs is 1. The van der Waals surface area contributed by atoms with Crippen molar-refractivity contribution in [2.24, 2.45) is 0 Å². The van der Waals surface area contributed by atoms with Gasteiger partial charge in [-0.25, -0.2) is 0 Å². The standard InChI is InChI=1S/C20H29NO2/c1-5-6-7-8-9-12-21-18-11-10-16(15(2)22)13-17(18)20(3,4)14-19(21)23/h10-11,13H,5-9,12,14H2,1-4H3. The second-order valence-corrected chi connectivity index (χ2v) is 7.31. The molecule has 3 heteroatoms. The van der Waals surface area contributed by atoms with Gasteiger partial charge in [0.1, 0.15) is 0 Å². The van der Waals surface area contributed by atoms with Crippen LogP contribution in [-0.2, 0) is 10.2 Å². The molecule has 3 nitrogen and oxygen atoms in total. The summed E-state index contributed by atoms with van der Waals surface area (Å²) in [5, 5.41) is 0. The van der Waals surface area contributed by atoms with Crippen molar-refractivity contribution in [3.63, 3.8) is 0 Å². The minimum atomic E-state index is -0.212. The van der Waals surface area contributed by atoms with E-state index in [-0.39, 0.29) is 17.1 Å². The van der Waals surface area contributed by atoms with Gasteiger partial charge in [0, 0.05) is 29.6 Å². The molecule has 1 aliphatic heterocycles. The predicted molar refractivity (Wildman–Crippen MR) is 95.2 cm³/mol. The smallest absolute Gasteiger partial charge is 0.227 e. The third-order valence-corrected chi connectivity index (χ3v) is 4.80. The lowest BCUT2D eigenvalue weighted by atomic mass is 9.76. The fourth-order valence-corrected chi connectivity index (χ4v) is 3.35. The van der Waals surface area contributed by atoms with Gasteiger partial charge in [-0.3, -0.25) is 9.59 Å². The summed E-state index contributed by atoms with van der Waals surface area (Å²) in [4.78, 5) is 26.2. The van der Waals surface area contributed by atoms with E-state index in [1.165, 1.54) is 25.7 Å². The van der Waals surface area contributed by atoms with Gasteiger partial charge in [0.25, 0.3) is 0 Å². The molecule has 1 aliphatic rings. The number of nitrogens with zero attached hydrogens (tertiary/aromatic N) is 1. The average Bonchev–Trinajstić information content (AvgIpc) is 2.49. The number of carbonyl (C=O) groups excluding carboxylic acids is 2. The Morgan fingerprint density at radius 3 is 2.52 bits per heavy atom. The van der Waals surface area contributed by atoms with E-state index in [0.29, 0.717) is 6.42 Å². The second-order valence-electron chi connectivity index (χ2n) is 7.31. The molecule has 1 heterocycles. The van der Waals surface area contributed by atoms with Crippen molar-refractivity contribution in [3.8, 4) is 0 Å². The highest BCUT2D eigenvalue weighted by Crippen LogP contribution is 2.40. The van der Waals surface area contributed by atoms with Crippen LogP contribution in [0.3, 0.4) is 0 Å². The van der Waals surface area contributed by atoms with Gasteiger partial charge < -0.3 is 4.90 Å². The number of ketones is 1. The molecule has 2 rings (SSSR count). The first kappa shape index (κ1) is 17.7. The van der Waals surface area contributed by atoms with Crippen LogP contribution in [0.1, 0.15) is 82.1 Å². The van der Waals surface area contributed by atoms with Crippen molar-refractivity contribution in [2.75, 3.05) is 11.4 Å². The largest absolute Gasteiger partial charge is 0.312 e. The van der Waals surface area contributed by atoms with Crippen molar-refractivity contribution in [1.29, 1.82) is 0 Å². The first-order chi connectivity index (χ1) is 10.9. The number of unbranched alkanes of at least 4 members (excludes halogenated alkanes) is 4. The Hall–Kier alpha value is -1.64. The highest BCUT2D eigenvalue weighted by molar-refractivity contribution is 6.00. The summed E-state index contributed by atoms with van der Waals surface area (Å²) in [6.45, 7) is 8.76. The Morgan fingerprint density at radius 2 is 1.87 bits per heavy atom. The van der Waals surface area contributed by atoms with Crippen LogP contribution in [0.2, 0.25) is 0 Å². The summed E-state index contributed by atoms with van der Waals surface area (Å²) >= 11 is 0. The minimum Gasteiger partial charge on any atom is -0.312 e. The number of rotatable bonds is 7. The molecule has 0 radical (unpaired) electrons. The SMILES string of the molecule is CCCCCCCN1C(=O)CC(C)(C)c2cc(C(C)=O)ccc21. The number of carbonyl (C=O) groups is 2. The van der Waals surface area contributed by atoms with Crippen LogP contribution in [0.5, 0.6) is 0 Å². The fourth-order valence-electron chi connectivity index (χ4n) is 3.35. The summed E-state index contributed by atoms with van der Waals surface area (Å²) in [7, 11) is 0. The van der Waals surface area contributed by atoms with E-state index in [4.69, 9.17) is 0 Å². The summed E-state index contributed by atoms with van der Waals surface area (Å²) in [6.07, 6.45) is 6.45. The molecule has 0 saturated heterocycles. The topological polar surface area (TPSA) is 37.4 Å². The molecule has 126 valence electrons. The van der Waals surface area contributed by atoms with Gasteiger partial charge in [0.05, 0.1) is 0 Å². The zero-order valence-electron chi connectivity index (χ0n) is 14.9. The predicted octanol–water partition coefficient (Wildman–Crippen LogP) is 4.87. The molecule has 1 amide bonds. The van der Waals surface area contributed by atoms with Crippen LogP contribution < -0.4 is 4.90 Å². The summed E-state index contributed by atoms with van der Waals surface area (Å²) in [5.41, 5.74) is 2.63. The van der Waals surface area contributed by atoms with Crippen molar-refractivity contribution >= 4 is 17.4 Å². The molecule has 1 aromatic rings. The number of benzene rings is 1. The summed E-state index contributed by atoms with van der Waals surface area (Å²) in [6, 6.07) is 5.78. The second kappa shape index (κ2) is 7.29. The third-order valence-electron chi connectivity index (χ3n) is 4.80. The first-order valence-electron chi connectivity index (χ1n) is 8.82. The quantitative estimate of drug-likeness (QED) is 0.531. The van der Waals surface area contributed by atoms with Crippen LogP contribution >= 0.6 is 0 Å². The number of hydrogen-bond donors (Lipinski definition) is 0. The van der Waals surface area contributed by atoms with Crippen molar-refractivity contribution in [1.82, 2.24) is 0 Å². The van der Waals surface area contributed by atoms with Crippen molar-refractivity contribution in [3.05, 3.63) is 29.3 Å². The molecule has 23 heavy (non-hydrogen) atoms. The molecule has 0 bridgehead atoms. The van der Waals surface area contributed by atoms with E-state index in [0.717, 1.165) is 29.8 Å². The summed E-state index contributed by atoms with van der Waals surface area (Å²) < 4.78 is 0. The van der Waals surface area contributed by atoms with Gasteiger partial charge in [-0.1, -0.05) is 46.5 Å². The lowest BCUT2D eigenvalue weighted by molar-refractivity contribution is -0.120. The zero-order valence-corrected chi connectivity index (χ0v) is 14.9. The summed E-state index contributed by atoms with van der Waals surface area (Å²) in [5.74, 6) is 0.278. The molecule has 0 spiro atoms. The number of Topliss-reactive ketones (excluding diaryl/α,β-unsaturated/α-hetero) is 1. The molecule has 0 aliphatic carbocycles. The molecule has 0 unspecified atom stereocenters. The van der Waals surface area contributed by atoms with Crippen LogP contribution in [0.15, 0.2) is 18.2 Å². The van der Waals surface area contributed by atoms with E-state index < -0.39 is 0 Å². The van der Waals surface area contributed by atoms with E-state index in [1.807, 2.05) is 23.1 Å². The van der Waals surface area contributed by atoms with E-state index in [2.05, 4.69) is 20.8 Å². The maximum Gasteiger partial charge on any atom is 0.227 e. The minimum absolute atomic E-state index is 0.0756. The van der Waals surface area contributed by atoms with E-state index in [9.17, 15) is 9.59 Å². The third kappa shape index (κ3) is 4.01. The first-order valence-corrected chi connectivity index (χ1v) is 8.82. The molecule has 0 fully saturated rings. The highest BCUT2D eigenvalue weighted by atomic mass is 16.2. The Balaban J connectivity index is 2.22. The number of anilines is 1. The van der Waals surface area contributed by atoms with Crippen LogP contribution in [0.25, 0.3) is 0 Å². The van der Waals surface area contributed by atoms with Crippen LogP contribution in [0.4, 0.5) is 5.69 Å². The van der Waals surface area contributed by atoms with E-state index in [1.54, 1.807) is 6.92 Å². The Labute approximate surface area is 140 Å². The average molecular weight is 315 g/mol. The van der Waals surface area contributed by atoms with Crippen LogP contribution in [0, 0.1) is 0 Å². The van der Waals surface area contributed by atoms with Gasteiger partial charge in [-0.05, 0) is 37.1 Å². The van der Waals surface area contributed by atoms with Crippen molar-refractivity contribution < 1.29 is 9.59 Å². The zero-order chi connectivity index (χ0) is 17.0. The highest BCUT2D eigenvalue weighted by Gasteiger charge is 2.36. The van der Waals surface area contributed by atoms with Gasteiger partial charge >= 0.3 is 0 Å². The van der Waals surface area contributed by atoms with Gasteiger partial charge in [-0.15, -0.1) is 0 Å². The van der Waals surface area contributed by atoms with Gasteiger partial charge in [0.2, 0.25) is 5.91 Å². The van der Waals surface area contributed by atoms with Crippen molar-refractivity contribution in [2.45, 2.75) is 71.6 Å². The maximum atomic E-state index is 12.6. The molecular formula is C20H29NO2. The monoisotopic (exact) mass is 315 g/mol. The van der Waals surface area contributed by atoms with Crippen LogP contribution in [-0.4, -0.2) is 18.2 Å². The van der Waals surface area contributed by atoms with E-state index >= 15 is 0 Å². The molecular weight excluding hydrogens is 286 g/mol. The van der Waals surface area contributed by atoms with Gasteiger partial charge in [0.15, 0.2) is 5.78 Å².